The predicted molar refractivity (Wildman–Crippen MR) is 101 cm³/mol. The van der Waals surface area contributed by atoms with Gasteiger partial charge in [-0.05, 0) is 5.41 Å². The van der Waals surface area contributed by atoms with Gasteiger partial charge in [-0.15, -0.1) is 0 Å². The van der Waals surface area contributed by atoms with Gasteiger partial charge in [0.15, 0.2) is 5.78 Å². The Bertz CT molecular complexity index is 763. The van der Waals surface area contributed by atoms with E-state index in [0.29, 0.717) is 18.1 Å². The maximum atomic E-state index is 12.5. The molecule has 1 amide bonds. The van der Waals surface area contributed by atoms with Crippen molar-refractivity contribution in [2.24, 2.45) is 5.41 Å². The molecule has 2 unspecified atom stereocenters. The molecule has 1 aromatic rings. The van der Waals surface area contributed by atoms with Crippen molar-refractivity contribution in [3.63, 3.8) is 0 Å². The van der Waals surface area contributed by atoms with Gasteiger partial charge < -0.3 is 24.2 Å². The third-order valence-corrected chi connectivity index (χ3v) is 6.44. The van der Waals surface area contributed by atoms with Crippen molar-refractivity contribution < 1.29 is 33.0 Å². The molecular weight excluding hydrogens is 389 g/mol. The number of nitrogens with one attached hydrogen (secondary N) is 1. The van der Waals surface area contributed by atoms with Crippen LogP contribution in [0.4, 0.5) is 4.79 Å². The molecule has 10 nitrogen and oxygen atoms in total. The SMILES string of the molecule is COP(=O)(CC(=O)C(Cc1cc2n(n1)CCC(C(C)(C)C)O2)NC(=O)O)OC. The predicted octanol–water partition coefficient (Wildman–Crippen LogP) is 2.31. The summed E-state index contributed by atoms with van der Waals surface area (Å²) >= 11 is 0. The minimum atomic E-state index is -3.60. The third kappa shape index (κ3) is 5.56. The van der Waals surface area contributed by atoms with Crippen LogP contribution in [0, 0.1) is 5.41 Å². The number of amides is 1. The maximum absolute atomic E-state index is 12.5. The van der Waals surface area contributed by atoms with E-state index in [-0.39, 0.29) is 17.9 Å². The number of ketones is 1. The standard InChI is InChI=1S/C17H28N3O7P/c1-17(2,3)14-6-7-20-15(27-14)9-11(19-20)8-12(18-16(22)23)13(21)10-28(24,25-4)26-5/h9,12,14,18H,6-8,10H2,1-5H3,(H,22,23). The van der Waals surface area contributed by atoms with Crippen LogP contribution < -0.4 is 10.1 Å². The zero-order valence-electron chi connectivity index (χ0n) is 16.8. The van der Waals surface area contributed by atoms with Gasteiger partial charge in [0.1, 0.15) is 12.3 Å². The van der Waals surface area contributed by atoms with Crippen molar-refractivity contribution in [2.45, 2.75) is 52.3 Å². The Balaban J connectivity index is 2.16. The summed E-state index contributed by atoms with van der Waals surface area (Å²) in [7, 11) is -1.26. The van der Waals surface area contributed by atoms with E-state index in [1.807, 2.05) is 0 Å². The lowest BCUT2D eigenvalue weighted by molar-refractivity contribution is -0.118. The summed E-state index contributed by atoms with van der Waals surface area (Å²) in [5, 5.41) is 15.6. The second-order valence-corrected chi connectivity index (χ2v) is 10.0. The summed E-state index contributed by atoms with van der Waals surface area (Å²) in [6, 6.07) is 0.569. The number of aryl methyl sites for hydroxylation is 1. The van der Waals surface area contributed by atoms with E-state index in [1.54, 1.807) is 10.7 Å². The van der Waals surface area contributed by atoms with Crippen LogP contribution in [0.1, 0.15) is 32.9 Å². The van der Waals surface area contributed by atoms with E-state index in [0.717, 1.165) is 6.42 Å². The Morgan fingerprint density at radius 2 is 2.07 bits per heavy atom. The van der Waals surface area contributed by atoms with Gasteiger partial charge in [-0.1, -0.05) is 20.8 Å². The number of rotatable bonds is 8. The molecule has 0 saturated carbocycles. The largest absolute Gasteiger partial charge is 0.474 e. The molecule has 11 heteroatoms. The summed E-state index contributed by atoms with van der Waals surface area (Å²) in [5.41, 5.74) is 0.474. The molecule has 0 saturated heterocycles. The van der Waals surface area contributed by atoms with Crippen LogP contribution in [0.2, 0.25) is 0 Å². The fraction of sp³-hybridized carbons (Fsp3) is 0.706. The Morgan fingerprint density at radius 1 is 1.43 bits per heavy atom. The smallest absolute Gasteiger partial charge is 0.405 e. The number of carbonyl (C=O) groups is 2. The fourth-order valence-corrected chi connectivity index (χ4v) is 3.98. The number of Topliss-reactive ketones (excluding diaryl/α,β-unsaturated/α-hetero) is 1. The highest BCUT2D eigenvalue weighted by Crippen LogP contribution is 2.46. The van der Waals surface area contributed by atoms with Crippen LogP contribution in [0.3, 0.4) is 0 Å². The highest BCUT2D eigenvalue weighted by atomic mass is 31.2. The van der Waals surface area contributed by atoms with Crippen LogP contribution in [0.25, 0.3) is 0 Å². The van der Waals surface area contributed by atoms with Gasteiger partial charge in [0, 0.05) is 39.7 Å². The average Bonchev–Trinajstić information content (AvgIpc) is 3.01. The molecule has 158 valence electrons. The summed E-state index contributed by atoms with van der Waals surface area (Å²) in [6.07, 6.45) is -1.06. The molecule has 28 heavy (non-hydrogen) atoms. The van der Waals surface area contributed by atoms with Crippen molar-refractivity contribution in [3.05, 3.63) is 11.8 Å². The minimum absolute atomic E-state index is 0.00209. The topological polar surface area (TPSA) is 129 Å². The number of aromatic nitrogens is 2. The molecule has 2 rings (SSSR count). The summed E-state index contributed by atoms with van der Waals surface area (Å²) < 4.78 is 29.5. The van der Waals surface area contributed by atoms with Gasteiger partial charge in [-0.2, -0.15) is 5.10 Å². The summed E-state index contributed by atoms with van der Waals surface area (Å²) in [4.78, 5) is 23.6. The van der Waals surface area contributed by atoms with Crippen LogP contribution in [-0.4, -0.2) is 59.3 Å². The molecule has 0 aliphatic carbocycles. The first-order valence-corrected chi connectivity index (χ1v) is 10.7. The number of fused-ring (bicyclic) bond motifs is 1. The molecule has 2 atom stereocenters. The number of nitrogens with zero attached hydrogens (tertiary/aromatic N) is 2. The van der Waals surface area contributed by atoms with Crippen LogP contribution >= 0.6 is 7.60 Å². The van der Waals surface area contributed by atoms with Gasteiger partial charge in [-0.25, -0.2) is 9.48 Å². The highest BCUT2D eigenvalue weighted by molar-refractivity contribution is 7.54. The normalized spacial score (nSPS) is 18.1. The van der Waals surface area contributed by atoms with Crippen molar-refractivity contribution in [2.75, 3.05) is 20.4 Å². The van der Waals surface area contributed by atoms with E-state index in [9.17, 15) is 14.2 Å². The highest BCUT2D eigenvalue weighted by Gasteiger charge is 2.34. The first-order chi connectivity index (χ1) is 13.0. The van der Waals surface area contributed by atoms with Gasteiger partial charge in [0.2, 0.25) is 5.88 Å². The number of hydrogen-bond donors (Lipinski definition) is 2. The molecule has 1 aliphatic heterocycles. The average molecular weight is 417 g/mol. The fourth-order valence-electron chi connectivity index (χ4n) is 2.97. The van der Waals surface area contributed by atoms with Gasteiger partial charge in [-0.3, -0.25) is 9.36 Å². The first kappa shape index (κ1) is 22.4. The van der Waals surface area contributed by atoms with Crippen LogP contribution in [0.5, 0.6) is 5.88 Å². The molecule has 0 fully saturated rings. The van der Waals surface area contributed by atoms with E-state index >= 15 is 0 Å². The Kier molecular flexibility index (Phi) is 6.90. The molecule has 2 N–H and O–H groups in total. The van der Waals surface area contributed by atoms with E-state index in [2.05, 4.69) is 31.2 Å². The summed E-state index contributed by atoms with van der Waals surface area (Å²) in [5.74, 6) is -0.0176. The second-order valence-electron chi connectivity index (χ2n) is 7.76. The van der Waals surface area contributed by atoms with Crippen molar-refractivity contribution in [1.29, 1.82) is 0 Å². The van der Waals surface area contributed by atoms with Crippen molar-refractivity contribution in [3.8, 4) is 5.88 Å². The van der Waals surface area contributed by atoms with Crippen LogP contribution in [0.15, 0.2) is 6.07 Å². The number of carboxylic acid groups (broad SMARTS) is 1. The Labute approximate surface area is 164 Å². The lowest BCUT2D eigenvalue weighted by Gasteiger charge is -2.34. The molecule has 0 radical (unpaired) electrons. The lowest BCUT2D eigenvalue weighted by atomic mass is 9.86. The Morgan fingerprint density at radius 3 is 2.61 bits per heavy atom. The molecule has 0 bridgehead atoms. The van der Waals surface area contributed by atoms with Gasteiger partial charge in [0.25, 0.3) is 0 Å². The second kappa shape index (κ2) is 8.63. The van der Waals surface area contributed by atoms with E-state index in [1.165, 1.54) is 14.2 Å². The number of carbonyl (C=O) groups excluding carboxylic acids is 1. The zero-order valence-corrected chi connectivity index (χ0v) is 17.7. The number of hydrogen-bond acceptors (Lipinski definition) is 7. The van der Waals surface area contributed by atoms with Gasteiger partial charge in [0.05, 0.1) is 11.7 Å². The van der Waals surface area contributed by atoms with Gasteiger partial charge >= 0.3 is 13.7 Å². The van der Waals surface area contributed by atoms with E-state index < -0.39 is 31.7 Å². The monoisotopic (exact) mass is 417 g/mol. The molecule has 1 aliphatic rings. The molecule has 2 heterocycles. The van der Waals surface area contributed by atoms with Crippen molar-refractivity contribution >= 4 is 19.5 Å². The summed E-state index contributed by atoms with van der Waals surface area (Å²) in [6.45, 7) is 6.96. The number of ether oxygens (including phenoxy) is 1. The van der Waals surface area contributed by atoms with E-state index in [4.69, 9.17) is 18.9 Å². The third-order valence-electron chi connectivity index (χ3n) is 4.63. The zero-order chi connectivity index (χ0) is 21.1. The molecular formula is C17H28N3O7P. The minimum Gasteiger partial charge on any atom is -0.474 e. The first-order valence-electron chi connectivity index (χ1n) is 8.93. The molecule has 1 aromatic heterocycles. The van der Waals surface area contributed by atoms with Crippen LogP contribution in [-0.2, 0) is 31.4 Å². The maximum Gasteiger partial charge on any atom is 0.405 e. The quantitative estimate of drug-likeness (QED) is 0.617. The molecule has 0 aromatic carbocycles. The van der Waals surface area contributed by atoms with Crippen molar-refractivity contribution in [1.82, 2.24) is 15.1 Å². The molecule has 0 spiro atoms. The lowest BCUT2D eigenvalue weighted by Crippen LogP contribution is -2.43. The Hall–Kier alpha value is -1.90.